The minimum Gasteiger partial charge on any atom is -0.398 e. The molecule has 0 aromatic heterocycles. The van der Waals surface area contributed by atoms with Crippen molar-refractivity contribution in [2.24, 2.45) is 0 Å². The highest BCUT2D eigenvalue weighted by Crippen LogP contribution is 2.12. The molecule has 0 aliphatic rings. The van der Waals surface area contributed by atoms with Crippen molar-refractivity contribution in [3.63, 3.8) is 0 Å². The molecule has 0 radical (unpaired) electrons. The van der Waals surface area contributed by atoms with E-state index in [2.05, 4.69) is 23.7 Å². The second-order valence-electron chi connectivity index (χ2n) is 4.18. The van der Waals surface area contributed by atoms with Crippen molar-refractivity contribution >= 4 is 11.4 Å². The molecule has 0 bridgehead atoms. The highest BCUT2D eigenvalue weighted by Gasteiger charge is 1.95. The fraction of sp³-hybridized carbons (Fsp3) is 0. The summed E-state index contributed by atoms with van der Waals surface area (Å²) in [7, 11) is 0. The zero-order valence-electron chi connectivity index (χ0n) is 11.9. The summed E-state index contributed by atoms with van der Waals surface area (Å²) in [5, 5.41) is 0. The van der Waals surface area contributed by atoms with Gasteiger partial charge in [-0.05, 0) is 36.4 Å². The van der Waals surface area contributed by atoms with E-state index in [1.165, 1.54) is 0 Å². The van der Waals surface area contributed by atoms with Crippen molar-refractivity contribution in [2.45, 2.75) is 0 Å². The quantitative estimate of drug-likeness (QED) is 0.576. The molecule has 0 amide bonds. The maximum atomic E-state index is 5.57. The van der Waals surface area contributed by atoms with Gasteiger partial charge in [-0.3, -0.25) is 0 Å². The van der Waals surface area contributed by atoms with Gasteiger partial charge in [-0.15, -0.1) is 25.7 Å². The van der Waals surface area contributed by atoms with Gasteiger partial charge in [0, 0.05) is 33.6 Å². The SMILES string of the molecule is C#Cc1ccc(C#C)c(N)c1.C#Cc1ccc(N)c(C#C)c1. The largest absolute Gasteiger partial charge is 0.398 e. The molecule has 2 aromatic rings. The summed E-state index contributed by atoms with van der Waals surface area (Å²) in [6.07, 6.45) is 20.7. The smallest absolute Gasteiger partial charge is 0.0485 e. The van der Waals surface area contributed by atoms with Crippen LogP contribution in [0.1, 0.15) is 22.3 Å². The van der Waals surface area contributed by atoms with Gasteiger partial charge in [0.1, 0.15) is 0 Å². The van der Waals surface area contributed by atoms with E-state index in [-0.39, 0.29) is 0 Å². The summed E-state index contributed by atoms with van der Waals surface area (Å²) < 4.78 is 0. The standard InChI is InChI=1S/2C10H7N/c1-3-8-5-6-10(11)9(4-2)7-8;1-3-8-5-6-9(4-2)10(11)7-8/h2*1-2,5-7H,11H2. The highest BCUT2D eigenvalue weighted by atomic mass is 14.6. The maximum absolute atomic E-state index is 5.57. The number of benzene rings is 2. The minimum absolute atomic E-state index is 0.558. The van der Waals surface area contributed by atoms with Crippen LogP contribution in [-0.4, -0.2) is 0 Å². The van der Waals surface area contributed by atoms with Crippen LogP contribution < -0.4 is 11.5 Å². The lowest BCUT2D eigenvalue weighted by Gasteiger charge is -1.97. The Kier molecular flexibility index (Phi) is 5.77. The predicted molar refractivity (Wildman–Crippen MR) is 93.4 cm³/mol. The Hall–Kier alpha value is -3.72. The van der Waals surface area contributed by atoms with Crippen molar-refractivity contribution in [3.05, 3.63) is 58.7 Å². The van der Waals surface area contributed by atoms with Gasteiger partial charge in [0.25, 0.3) is 0 Å². The van der Waals surface area contributed by atoms with Crippen molar-refractivity contribution in [3.8, 4) is 49.4 Å². The van der Waals surface area contributed by atoms with Crippen molar-refractivity contribution in [1.82, 2.24) is 0 Å². The lowest BCUT2D eigenvalue weighted by atomic mass is 10.1. The van der Waals surface area contributed by atoms with Crippen LogP contribution in [0.4, 0.5) is 11.4 Å². The van der Waals surface area contributed by atoms with Gasteiger partial charge in [-0.25, -0.2) is 0 Å². The van der Waals surface area contributed by atoms with Gasteiger partial charge in [-0.1, -0.05) is 23.7 Å². The molecule has 22 heavy (non-hydrogen) atoms. The highest BCUT2D eigenvalue weighted by molar-refractivity contribution is 5.59. The zero-order valence-corrected chi connectivity index (χ0v) is 11.9. The van der Waals surface area contributed by atoms with Gasteiger partial charge in [-0.2, -0.15) is 0 Å². The summed E-state index contributed by atoms with van der Waals surface area (Å²) in [6.45, 7) is 0. The van der Waals surface area contributed by atoms with Gasteiger partial charge in [0.05, 0.1) is 0 Å². The molecule has 0 saturated heterocycles. The number of hydrogen-bond acceptors (Lipinski definition) is 2. The average molecular weight is 282 g/mol. The number of nitrogen functional groups attached to an aromatic ring is 2. The Morgan fingerprint density at radius 3 is 1.64 bits per heavy atom. The normalized spacial score (nSPS) is 8.18. The Balaban J connectivity index is 0.000000220. The first-order chi connectivity index (χ1) is 10.5. The van der Waals surface area contributed by atoms with Crippen LogP contribution in [0.25, 0.3) is 0 Å². The van der Waals surface area contributed by atoms with E-state index in [9.17, 15) is 0 Å². The number of rotatable bonds is 0. The van der Waals surface area contributed by atoms with E-state index in [4.69, 9.17) is 37.2 Å². The second kappa shape index (κ2) is 7.77. The summed E-state index contributed by atoms with van der Waals surface area (Å²) in [5.74, 6) is 9.85. The molecule has 2 nitrogen and oxygen atoms in total. The summed E-state index contributed by atoms with van der Waals surface area (Å²) in [4.78, 5) is 0. The third-order valence-electron chi connectivity index (χ3n) is 2.75. The van der Waals surface area contributed by atoms with E-state index in [1.807, 2.05) is 0 Å². The van der Waals surface area contributed by atoms with Crippen LogP contribution in [0.15, 0.2) is 36.4 Å². The zero-order chi connectivity index (χ0) is 16.5. The summed E-state index contributed by atoms with van der Waals surface area (Å²) >= 11 is 0. The number of anilines is 2. The second-order valence-corrected chi connectivity index (χ2v) is 4.18. The molecular formula is C20H14N2. The number of terminal acetylenes is 4. The monoisotopic (exact) mass is 282 g/mol. The molecule has 0 spiro atoms. The summed E-state index contributed by atoms with van der Waals surface area (Å²) in [5.41, 5.74) is 15.1. The van der Waals surface area contributed by atoms with Crippen LogP contribution in [-0.2, 0) is 0 Å². The molecule has 0 fully saturated rings. The Morgan fingerprint density at radius 1 is 0.591 bits per heavy atom. The van der Waals surface area contributed by atoms with E-state index in [1.54, 1.807) is 36.4 Å². The molecule has 0 aliphatic heterocycles. The van der Waals surface area contributed by atoms with Gasteiger partial charge < -0.3 is 11.5 Å². The van der Waals surface area contributed by atoms with Crippen LogP contribution in [0.2, 0.25) is 0 Å². The van der Waals surface area contributed by atoms with E-state index in [0.29, 0.717) is 22.5 Å². The van der Waals surface area contributed by atoms with Crippen LogP contribution in [0.5, 0.6) is 0 Å². The molecule has 2 heteroatoms. The fourth-order valence-electron chi connectivity index (χ4n) is 1.56. The Bertz CT molecular complexity index is 847. The topological polar surface area (TPSA) is 52.0 Å². The summed E-state index contributed by atoms with van der Waals surface area (Å²) in [6, 6.07) is 10.4. The van der Waals surface area contributed by atoms with E-state index >= 15 is 0 Å². The molecule has 0 heterocycles. The third kappa shape index (κ3) is 4.15. The molecule has 2 rings (SSSR count). The van der Waals surface area contributed by atoms with Crippen molar-refractivity contribution in [1.29, 1.82) is 0 Å². The van der Waals surface area contributed by atoms with Gasteiger partial charge in [0.15, 0.2) is 0 Å². The Morgan fingerprint density at radius 2 is 1.14 bits per heavy atom. The van der Waals surface area contributed by atoms with E-state index < -0.39 is 0 Å². The first-order valence-electron chi connectivity index (χ1n) is 6.21. The molecule has 4 N–H and O–H groups in total. The average Bonchev–Trinajstić information content (AvgIpc) is 2.55. The van der Waals surface area contributed by atoms with Gasteiger partial charge in [0.2, 0.25) is 0 Å². The maximum Gasteiger partial charge on any atom is 0.0485 e. The number of nitrogens with two attached hydrogens (primary N) is 2. The predicted octanol–water partition coefficient (Wildman–Crippen LogP) is 2.46. The molecule has 104 valence electrons. The van der Waals surface area contributed by atoms with Crippen LogP contribution in [0, 0.1) is 49.4 Å². The first-order valence-corrected chi connectivity index (χ1v) is 6.21. The number of hydrogen-bond donors (Lipinski definition) is 2. The van der Waals surface area contributed by atoms with Gasteiger partial charge >= 0.3 is 0 Å². The van der Waals surface area contributed by atoms with Crippen molar-refractivity contribution in [2.75, 3.05) is 11.5 Å². The lowest BCUT2D eigenvalue weighted by Crippen LogP contribution is -1.90. The first kappa shape index (κ1) is 16.3. The minimum atomic E-state index is 0.558. The molecule has 2 aromatic carbocycles. The van der Waals surface area contributed by atoms with E-state index in [0.717, 1.165) is 11.1 Å². The molecular weight excluding hydrogens is 268 g/mol. The fourth-order valence-corrected chi connectivity index (χ4v) is 1.56. The van der Waals surface area contributed by atoms with Crippen molar-refractivity contribution < 1.29 is 0 Å². The molecule has 0 aliphatic carbocycles. The molecule has 0 saturated carbocycles. The lowest BCUT2D eigenvalue weighted by molar-refractivity contribution is 1.59. The van der Waals surface area contributed by atoms with Crippen LogP contribution >= 0.6 is 0 Å². The third-order valence-corrected chi connectivity index (χ3v) is 2.75. The Labute approximate surface area is 131 Å². The molecule has 0 unspecified atom stereocenters. The molecule has 0 atom stereocenters. The van der Waals surface area contributed by atoms with Crippen LogP contribution in [0.3, 0.4) is 0 Å².